The van der Waals surface area contributed by atoms with Gasteiger partial charge in [-0.05, 0) is 53.3 Å². The predicted octanol–water partition coefficient (Wildman–Crippen LogP) is 2.44. The van der Waals surface area contributed by atoms with Crippen molar-refractivity contribution in [2.75, 3.05) is 13.1 Å². The van der Waals surface area contributed by atoms with Crippen LogP contribution in [0.3, 0.4) is 0 Å². The average Bonchev–Trinajstić information content (AvgIpc) is 2.42. The number of nitrogens with zero attached hydrogens (tertiary/aromatic N) is 2. The minimum atomic E-state index is -0.382. The number of likely N-dealkylation sites (tertiary alicyclic amines) is 1. The Hall–Kier alpha value is -1.47. The summed E-state index contributed by atoms with van der Waals surface area (Å²) in [5, 5.41) is 10.9. The van der Waals surface area contributed by atoms with Gasteiger partial charge in [0.1, 0.15) is 0 Å². The van der Waals surface area contributed by atoms with Crippen LogP contribution in [0.15, 0.2) is 22.7 Å². The van der Waals surface area contributed by atoms with Gasteiger partial charge in [0.25, 0.3) is 5.69 Å². The molecule has 114 valence electrons. The number of halogens is 1. The Balaban J connectivity index is 1.96. The van der Waals surface area contributed by atoms with E-state index in [-0.39, 0.29) is 16.5 Å². The molecule has 0 bridgehead atoms. The molecule has 7 heteroatoms. The van der Waals surface area contributed by atoms with E-state index in [4.69, 9.17) is 5.73 Å². The normalized spacial score (nSPS) is 16.8. The third-order valence-corrected chi connectivity index (χ3v) is 4.76. The van der Waals surface area contributed by atoms with Crippen molar-refractivity contribution in [3.8, 4) is 0 Å². The Bertz CT molecular complexity index is 542. The third-order valence-electron chi connectivity index (χ3n) is 3.85. The van der Waals surface area contributed by atoms with Gasteiger partial charge in [0, 0.05) is 19.0 Å². The number of carbonyl (C=O) groups is 1. The number of hydrogen-bond donors (Lipinski definition) is 1. The number of hydrogen-bond acceptors (Lipinski definition) is 4. The lowest BCUT2D eigenvalue weighted by Crippen LogP contribution is -2.34. The van der Waals surface area contributed by atoms with Gasteiger partial charge < -0.3 is 5.73 Å². The van der Waals surface area contributed by atoms with Crippen LogP contribution in [0.4, 0.5) is 5.69 Å². The maximum atomic E-state index is 10.9. The van der Waals surface area contributed by atoms with Crippen molar-refractivity contribution in [2.24, 2.45) is 11.7 Å². The Kier molecular flexibility index (Phi) is 5.30. The summed E-state index contributed by atoms with van der Waals surface area (Å²) in [5.41, 5.74) is 6.23. The van der Waals surface area contributed by atoms with Crippen LogP contribution in [0.2, 0.25) is 0 Å². The van der Waals surface area contributed by atoms with Crippen molar-refractivity contribution in [3.63, 3.8) is 0 Å². The van der Waals surface area contributed by atoms with Crippen LogP contribution in [-0.4, -0.2) is 28.8 Å². The lowest BCUT2D eigenvalue weighted by molar-refractivity contribution is -0.385. The lowest BCUT2D eigenvalue weighted by Gasteiger charge is -2.31. The van der Waals surface area contributed by atoms with E-state index in [1.165, 1.54) is 6.07 Å². The molecule has 0 unspecified atom stereocenters. The van der Waals surface area contributed by atoms with Crippen LogP contribution in [0, 0.1) is 16.0 Å². The Morgan fingerprint density at radius 2 is 2.10 bits per heavy atom. The second kappa shape index (κ2) is 7.00. The number of nitro benzene ring substituents is 1. The summed E-state index contributed by atoms with van der Waals surface area (Å²) in [4.78, 5) is 23.7. The maximum absolute atomic E-state index is 10.9. The van der Waals surface area contributed by atoms with Crippen molar-refractivity contribution in [3.05, 3.63) is 38.3 Å². The highest BCUT2D eigenvalue weighted by Crippen LogP contribution is 2.30. The molecule has 1 fully saturated rings. The SMILES string of the molecule is NC(=O)CC1CCN(Cc2cccc([N+](=O)[O-])c2Br)CC1. The number of amides is 1. The average molecular weight is 356 g/mol. The molecule has 2 rings (SSSR count). The van der Waals surface area contributed by atoms with Crippen molar-refractivity contribution in [2.45, 2.75) is 25.8 Å². The van der Waals surface area contributed by atoms with Crippen LogP contribution in [0.5, 0.6) is 0 Å². The predicted molar refractivity (Wildman–Crippen MR) is 82.6 cm³/mol. The molecular formula is C14H18BrN3O3. The topological polar surface area (TPSA) is 89.5 Å². The van der Waals surface area contributed by atoms with Crippen LogP contribution in [0.25, 0.3) is 0 Å². The first kappa shape index (κ1) is 15.9. The van der Waals surface area contributed by atoms with E-state index in [0.717, 1.165) is 31.5 Å². The molecule has 0 aliphatic carbocycles. The van der Waals surface area contributed by atoms with Gasteiger partial charge in [0.15, 0.2) is 0 Å². The van der Waals surface area contributed by atoms with Crippen LogP contribution in [-0.2, 0) is 11.3 Å². The van der Waals surface area contributed by atoms with E-state index in [2.05, 4.69) is 20.8 Å². The Morgan fingerprint density at radius 3 is 2.67 bits per heavy atom. The fraction of sp³-hybridized carbons (Fsp3) is 0.500. The van der Waals surface area contributed by atoms with E-state index in [0.29, 0.717) is 23.4 Å². The second-order valence-corrected chi connectivity index (χ2v) is 6.19. The van der Waals surface area contributed by atoms with Gasteiger partial charge in [-0.25, -0.2) is 0 Å². The molecule has 1 amide bonds. The van der Waals surface area contributed by atoms with Crippen molar-refractivity contribution >= 4 is 27.5 Å². The highest BCUT2D eigenvalue weighted by molar-refractivity contribution is 9.10. The molecule has 0 aromatic heterocycles. The second-order valence-electron chi connectivity index (χ2n) is 5.40. The van der Waals surface area contributed by atoms with Gasteiger partial charge >= 0.3 is 0 Å². The molecule has 0 saturated carbocycles. The van der Waals surface area contributed by atoms with Gasteiger partial charge in [-0.3, -0.25) is 19.8 Å². The lowest BCUT2D eigenvalue weighted by atomic mass is 9.93. The number of rotatable bonds is 5. The van der Waals surface area contributed by atoms with Crippen LogP contribution in [0.1, 0.15) is 24.8 Å². The van der Waals surface area contributed by atoms with E-state index >= 15 is 0 Å². The van der Waals surface area contributed by atoms with E-state index < -0.39 is 0 Å². The maximum Gasteiger partial charge on any atom is 0.283 e. The molecule has 1 heterocycles. The fourth-order valence-electron chi connectivity index (χ4n) is 2.70. The number of piperidine rings is 1. The van der Waals surface area contributed by atoms with Crippen molar-refractivity contribution < 1.29 is 9.72 Å². The van der Waals surface area contributed by atoms with Gasteiger partial charge in [-0.2, -0.15) is 0 Å². The number of nitro groups is 1. The first-order valence-corrected chi connectivity index (χ1v) is 7.69. The zero-order valence-corrected chi connectivity index (χ0v) is 13.2. The van der Waals surface area contributed by atoms with E-state index in [1.807, 2.05) is 6.07 Å². The first-order chi connectivity index (χ1) is 9.97. The van der Waals surface area contributed by atoms with Crippen LogP contribution >= 0.6 is 15.9 Å². The molecule has 0 spiro atoms. The monoisotopic (exact) mass is 355 g/mol. The molecular weight excluding hydrogens is 338 g/mol. The summed E-state index contributed by atoms with van der Waals surface area (Å²) < 4.78 is 0.550. The van der Waals surface area contributed by atoms with Gasteiger partial charge in [-0.15, -0.1) is 0 Å². The summed E-state index contributed by atoms with van der Waals surface area (Å²) in [6.07, 6.45) is 2.33. The quantitative estimate of drug-likeness (QED) is 0.648. The summed E-state index contributed by atoms with van der Waals surface area (Å²) in [7, 11) is 0. The number of carbonyl (C=O) groups excluding carboxylic acids is 1. The Morgan fingerprint density at radius 1 is 1.43 bits per heavy atom. The van der Waals surface area contributed by atoms with Gasteiger partial charge in [0.05, 0.1) is 9.40 Å². The summed E-state index contributed by atoms with van der Waals surface area (Å²) in [6, 6.07) is 5.09. The number of nitrogens with two attached hydrogens (primary N) is 1. The molecule has 1 aliphatic rings. The van der Waals surface area contributed by atoms with E-state index in [9.17, 15) is 14.9 Å². The van der Waals surface area contributed by atoms with Crippen molar-refractivity contribution in [1.82, 2.24) is 4.90 Å². The number of primary amides is 1. The van der Waals surface area contributed by atoms with E-state index in [1.54, 1.807) is 6.07 Å². The Labute approximate surface area is 131 Å². The van der Waals surface area contributed by atoms with Gasteiger partial charge in [0.2, 0.25) is 5.91 Å². The molecule has 21 heavy (non-hydrogen) atoms. The summed E-state index contributed by atoms with van der Waals surface area (Å²) in [6.45, 7) is 2.44. The first-order valence-electron chi connectivity index (χ1n) is 6.90. The molecule has 6 nitrogen and oxygen atoms in total. The molecule has 2 N–H and O–H groups in total. The zero-order chi connectivity index (χ0) is 15.4. The zero-order valence-electron chi connectivity index (χ0n) is 11.6. The molecule has 1 aliphatic heterocycles. The fourth-order valence-corrected chi connectivity index (χ4v) is 3.24. The minimum absolute atomic E-state index is 0.0936. The molecule has 0 radical (unpaired) electrons. The third kappa shape index (κ3) is 4.25. The number of benzene rings is 1. The minimum Gasteiger partial charge on any atom is -0.370 e. The standard InChI is InChI=1S/C14H18BrN3O3/c15-14-11(2-1-3-12(14)18(20)21)9-17-6-4-10(5-7-17)8-13(16)19/h1-3,10H,4-9H2,(H2,16,19). The summed E-state index contributed by atoms with van der Waals surface area (Å²) >= 11 is 3.32. The molecule has 1 saturated heterocycles. The molecule has 0 atom stereocenters. The molecule has 1 aromatic rings. The largest absolute Gasteiger partial charge is 0.370 e. The smallest absolute Gasteiger partial charge is 0.283 e. The highest BCUT2D eigenvalue weighted by Gasteiger charge is 2.22. The molecule has 1 aromatic carbocycles. The highest BCUT2D eigenvalue weighted by atomic mass is 79.9. The summed E-state index contributed by atoms with van der Waals surface area (Å²) in [5.74, 6) is 0.127. The van der Waals surface area contributed by atoms with Crippen molar-refractivity contribution in [1.29, 1.82) is 0 Å². The van der Waals surface area contributed by atoms with Gasteiger partial charge in [-0.1, -0.05) is 12.1 Å². The van der Waals surface area contributed by atoms with Crippen LogP contribution < -0.4 is 5.73 Å².